The zero-order valence-electron chi connectivity index (χ0n) is 16.1. The molecule has 1 atom stereocenters. The van der Waals surface area contributed by atoms with Gasteiger partial charge < -0.3 is 9.32 Å². The highest BCUT2D eigenvalue weighted by Crippen LogP contribution is 2.39. The quantitative estimate of drug-likeness (QED) is 0.372. The molecule has 0 bridgehead atoms. The lowest BCUT2D eigenvalue weighted by Gasteiger charge is -2.25. The number of non-ortho nitro benzene ring substituents is 1. The molecule has 8 nitrogen and oxygen atoms in total. The maximum atomic E-state index is 13.4. The molecule has 0 radical (unpaired) electrons. The molecule has 4 aromatic rings. The molecule has 0 aliphatic carbocycles. The summed E-state index contributed by atoms with van der Waals surface area (Å²) >= 11 is 0. The minimum Gasteiger partial charge on any atom is -0.450 e. The van der Waals surface area contributed by atoms with Crippen LogP contribution in [-0.4, -0.2) is 20.7 Å². The minimum absolute atomic E-state index is 0.0379. The number of carbonyl (C=O) groups is 1. The summed E-state index contributed by atoms with van der Waals surface area (Å²) in [7, 11) is 0. The van der Waals surface area contributed by atoms with Gasteiger partial charge in [0.05, 0.1) is 21.9 Å². The standard InChI is InChI=1S/C23H15N3O5/c27-21-17-8-1-2-9-18(17)31-22-19(21)20(15-6-3-7-16(11-15)26(29)30)25(23(22)28)13-14-5-4-10-24-12-14/h1-12,20H,13H2/t20-/m0/s1. The predicted octanol–water partition coefficient (Wildman–Crippen LogP) is 3.84. The third kappa shape index (κ3) is 3.05. The highest BCUT2D eigenvalue weighted by atomic mass is 16.6. The number of benzene rings is 2. The van der Waals surface area contributed by atoms with E-state index in [1.807, 2.05) is 6.07 Å². The van der Waals surface area contributed by atoms with Crippen LogP contribution >= 0.6 is 0 Å². The van der Waals surface area contributed by atoms with Crippen molar-refractivity contribution in [1.82, 2.24) is 9.88 Å². The Labute approximate surface area is 175 Å². The van der Waals surface area contributed by atoms with E-state index in [1.54, 1.807) is 54.9 Å². The fourth-order valence-corrected chi connectivity index (χ4v) is 3.97. The number of aromatic nitrogens is 1. The number of carbonyl (C=O) groups excluding carboxylic acids is 1. The van der Waals surface area contributed by atoms with Gasteiger partial charge in [0, 0.05) is 31.1 Å². The molecule has 1 aliphatic rings. The van der Waals surface area contributed by atoms with Crippen molar-refractivity contribution >= 4 is 22.6 Å². The van der Waals surface area contributed by atoms with Gasteiger partial charge in [-0.1, -0.05) is 30.3 Å². The number of nitro benzene ring substituents is 1. The zero-order chi connectivity index (χ0) is 21.5. The Balaban J connectivity index is 1.74. The second-order valence-corrected chi connectivity index (χ2v) is 7.22. The van der Waals surface area contributed by atoms with Crippen molar-refractivity contribution in [3.63, 3.8) is 0 Å². The first-order chi connectivity index (χ1) is 15.0. The normalized spacial score (nSPS) is 15.3. The van der Waals surface area contributed by atoms with Gasteiger partial charge in [0.1, 0.15) is 5.58 Å². The van der Waals surface area contributed by atoms with Gasteiger partial charge in [-0.25, -0.2) is 0 Å². The molecule has 31 heavy (non-hydrogen) atoms. The Morgan fingerprint density at radius 3 is 2.68 bits per heavy atom. The minimum atomic E-state index is -0.816. The molecule has 5 rings (SSSR count). The first-order valence-corrected chi connectivity index (χ1v) is 9.54. The van der Waals surface area contributed by atoms with Crippen molar-refractivity contribution in [2.45, 2.75) is 12.6 Å². The second-order valence-electron chi connectivity index (χ2n) is 7.22. The van der Waals surface area contributed by atoms with Crippen molar-refractivity contribution in [3.05, 3.63) is 116 Å². The molecular formula is C23H15N3O5. The van der Waals surface area contributed by atoms with Gasteiger partial charge in [0.2, 0.25) is 5.76 Å². The first-order valence-electron chi connectivity index (χ1n) is 9.54. The van der Waals surface area contributed by atoms with E-state index in [9.17, 15) is 19.7 Å². The maximum absolute atomic E-state index is 13.4. The van der Waals surface area contributed by atoms with Gasteiger partial charge in [-0.05, 0) is 29.3 Å². The van der Waals surface area contributed by atoms with Gasteiger partial charge in [-0.2, -0.15) is 0 Å². The Kier molecular flexibility index (Phi) is 4.32. The molecule has 152 valence electrons. The Hall–Kier alpha value is -4.33. The fourth-order valence-electron chi connectivity index (χ4n) is 3.97. The lowest BCUT2D eigenvalue weighted by Crippen LogP contribution is -2.29. The van der Waals surface area contributed by atoms with Gasteiger partial charge in [-0.15, -0.1) is 0 Å². The van der Waals surface area contributed by atoms with Crippen molar-refractivity contribution in [3.8, 4) is 0 Å². The lowest BCUT2D eigenvalue weighted by molar-refractivity contribution is -0.384. The maximum Gasteiger partial charge on any atom is 0.291 e. The highest BCUT2D eigenvalue weighted by molar-refractivity contribution is 5.99. The SMILES string of the molecule is O=C1c2oc3ccccc3c(=O)c2[C@H](c2cccc([N+](=O)[O-])c2)N1Cc1cccnc1. The number of fused-ring (bicyclic) bond motifs is 2. The lowest BCUT2D eigenvalue weighted by atomic mass is 9.98. The summed E-state index contributed by atoms with van der Waals surface area (Å²) in [5, 5.41) is 11.7. The Bertz CT molecular complexity index is 1400. The molecule has 8 heteroatoms. The van der Waals surface area contributed by atoms with Crippen LogP contribution in [0.3, 0.4) is 0 Å². The highest BCUT2D eigenvalue weighted by Gasteiger charge is 2.43. The Morgan fingerprint density at radius 1 is 1.06 bits per heavy atom. The number of para-hydroxylation sites is 1. The Morgan fingerprint density at radius 2 is 1.90 bits per heavy atom. The number of hydrogen-bond donors (Lipinski definition) is 0. The molecule has 0 unspecified atom stereocenters. The van der Waals surface area contributed by atoms with Gasteiger partial charge >= 0.3 is 0 Å². The summed E-state index contributed by atoms with van der Waals surface area (Å²) < 4.78 is 5.85. The molecule has 1 amide bonds. The fraction of sp³-hybridized carbons (Fsp3) is 0.0870. The molecule has 1 aliphatic heterocycles. The van der Waals surface area contributed by atoms with Crippen LogP contribution in [0.5, 0.6) is 0 Å². The van der Waals surface area contributed by atoms with Crippen LogP contribution in [0.25, 0.3) is 11.0 Å². The van der Waals surface area contributed by atoms with E-state index < -0.39 is 16.9 Å². The zero-order valence-corrected chi connectivity index (χ0v) is 16.1. The number of rotatable bonds is 4. The van der Waals surface area contributed by atoms with E-state index in [1.165, 1.54) is 17.0 Å². The van der Waals surface area contributed by atoms with E-state index in [4.69, 9.17) is 4.42 Å². The van der Waals surface area contributed by atoms with Gasteiger partial charge in [-0.3, -0.25) is 24.7 Å². The number of nitrogens with zero attached hydrogens (tertiary/aromatic N) is 3. The number of nitro groups is 1. The van der Waals surface area contributed by atoms with E-state index in [0.717, 1.165) is 5.56 Å². The third-order valence-corrected chi connectivity index (χ3v) is 5.35. The molecule has 0 N–H and O–H groups in total. The van der Waals surface area contributed by atoms with Crippen molar-refractivity contribution in [2.24, 2.45) is 0 Å². The van der Waals surface area contributed by atoms with Gasteiger partial charge in [0.15, 0.2) is 5.43 Å². The van der Waals surface area contributed by atoms with Crippen LogP contribution in [0.2, 0.25) is 0 Å². The van der Waals surface area contributed by atoms with E-state index in [-0.39, 0.29) is 29.0 Å². The molecule has 2 aromatic heterocycles. The molecule has 0 spiro atoms. The first kappa shape index (κ1) is 18.7. The van der Waals surface area contributed by atoms with Crippen LogP contribution in [0.4, 0.5) is 5.69 Å². The summed E-state index contributed by atoms with van der Waals surface area (Å²) in [6.07, 6.45) is 3.26. The molecule has 0 saturated carbocycles. The number of pyridine rings is 1. The average Bonchev–Trinajstić information content (AvgIpc) is 3.06. The largest absolute Gasteiger partial charge is 0.450 e. The molecule has 0 saturated heterocycles. The van der Waals surface area contributed by atoms with Gasteiger partial charge in [0.25, 0.3) is 11.6 Å². The summed E-state index contributed by atoms with van der Waals surface area (Å²) in [6.45, 7) is 0.167. The summed E-state index contributed by atoms with van der Waals surface area (Å²) in [6, 6.07) is 15.4. The van der Waals surface area contributed by atoms with Crippen LogP contribution in [-0.2, 0) is 6.54 Å². The summed E-state index contributed by atoms with van der Waals surface area (Å²) in [5.41, 5.74) is 1.29. The van der Waals surface area contributed by atoms with Crippen LogP contribution in [0, 0.1) is 10.1 Å². The molecule has 3 heterocycles. The van der Waals surface area contributed by atoms with Crippen LogP contribution in [0.15, 0.2) is 82.3 Å². The molecular weight excluding hydrogens is 398 g/mol. The van der Waals surface area contributed by atoms with Crippen LogP contribution < -0.4 is 5.43 Å². The topological polar surface area (TPSA) is 107 Å². The van der Waals surface area contributed by atoms with Crippen LogP contribution in [0.1, 0.15) is 33.3 Å². The summed E-state index contributed by atoms with van der Waals surface area (Å²) in [4.78, 5) is 43.1. The summed E-state index contributed by atoms with van der Waals surface area (Å²) in [5.74, 6) is -0.484. The van der Waals surface area contributed by atoms with Crippen molar-refractivity contribution < 1.29 is 14.1 Å². The van der Waals surface area contributed by atoms with E-state index >= 15 is 0 Å². The number of amides is 1. The monoisotopic (exact) mass is 413 g/mol. The second kappa shape index (κ2) is 7.17. The molecule has 0 fully saturated rings. The third-order valence-electron chi connectivity index (χ3n) is 5.35. The van der Waals surface area contributed by atoms with Crippen molar-refractivity contribution in [1.29, 1.82) is 0 Å². The smallest absolute Gasteiger partial charge is 0.291 e. The molecule has 2 aromatic carbocycles. The number of hydrogen-bond acceptors (Lipinski definition) is 6. The van der Waals surface area contributed by atoms with E-state index in [2.05, 4.69) is 4.98 Å². The average molecular weight is 413 g/mol. The van der Waals surface area contributed by atoms with E-state index in [0.29, 0.717) is 16.5 Å². The predicted molar refractivity (Wildman–Crippen MR) is 112 cm³/mol. The van der Waals surface area contributed by atoms with Crippen molar-refractivity contribution in [2.75, 3.05) is 0 Å².